The first-order valence-electron chi connectivity index (χ1n) is 9.58. The van der Waals surface area contributed by atoms with Crippen LogP contribution >= 0.6 is 0 Å². The van der Waals surface area contributed by atoms with Crippen LogP contribution in [0.15, 0.2) is 54.6 Å². The number of rotatable bonds is 7. The van der Waals surface area contributed by atoms with Crippen molar-refractivity contribution in [1.29, 1.82) is 0 Å². The fourth-order valence-corrected chi connectivity index (χ4v) is 2.69. The van der Waals surface area contributed by atoms with Crippen molar-refractivity contribution in [2.45, 2.75) is 39.2 Å². The molecule has 0 heterocycles. The Morgan fingerprint density at radius 3 is 2.13 bits per heavy atom. The van der Waals surface area contributed by atoms with Crippen molar-refractivity contribution >= 4 is 23.8 Å². The van der Waals surface area contributed by atoms with Crippen LogP contribution < -0.4 is 0 Å². The minimum absolute atomic E-state index is 0.284. The molecule has 0 spiro atoms. The van der Waals surface area contributed by atoms with Crippen LogP contribution in [0.3, 0.4) is 0 Å². The number of hydrogen-bond acceptors (Lipinski definition) is 5. The lowest BCUT2D eigenvalue weighted by molar-refractivity contribution is -0.155. The summed E-state index contributed by atoms with van der Waals surface area (Å²) in [6.07, 6.45) is 2.86. The van der Waals surface area contributed by atoms with Gasteiger partial charge in [-0.15, -0.1) is 0 Å². The van der Waals surface area contributed by atoms with E-state index in [9.17, 15) is 18.8 Å². The molecule has 6 heteroatoms. The van der Waals surface area contributed by atoms with Crippen LogP contribution in [0.5, 0.6) is 0 Å². The smallest absolute Gasteiger partial charge is 0.330 e. The van der Waals surface area contributed by atoms with Crippen molar-refractivity contribution in [3.63, 3.8) is 0 Å². The summed E-state index contributed by atoms with van der Waals surface area (Å²) in [7, 11) is 0. The Labute approximate surface area is 175 Å². The van der Waals surface area contributed by atoms with E-state index < -0.39 is 35.1 Å². The Bertz CT molecular complexity index is 922. The van der Waals surface area contributed by atoms with Gasteiger partial charge in [-0.1, -0.05) is 36.4 Å². The van der Waals surface area contributed by atoms with Gasteiger partial charge in [0.25, 0.3) is 0 Å². The molecule has 0 fully saturated rings. The molecular formula is C24H25FO5. The monoisotopic (exact) mass is 412 g/mol. The summed E-state index contributed by atoms with van der Waals surface area (Å²) in [6, 6.07) is 11.6. The molecule has 0 aliphatic heterocycles. The predicted molar refractivity (Wildman–Crippen MR) is 111 cm³/mol. The van der Waals surface area contributed by atoms with Gasteiger partial charge in [-0.3, -0.25) is 9.59 Å². The lowest BCUT2D eigenvalue weighted by Gasteiger charge is -2.23. The molecule has 0 aliphatic rings. The van der Waals surface area contributed by atoms with E-state index in [0.29, 0.717) is 16.7 Å². The predicted octanol–water partition coefficient (Wildman–Crippen LogP) is 4.71. The molecule has 158 valence electrons. The number of halogens is 1. The number of benzene rings is 2. The maximum absolute atomic E-state index is 13.3. The van der Waals surface area contributed by atoms with Gasteiger partial charge in [0.2, 0.25) is 0 Å². The zero-order valence-electron chi connectivity index (χ0n) is 17.5. The summed E-state index contributed by atoms with van der Waals surface area (Å²) in [5.74, 6) is -3.31. The zero-order chi connectivity index (χ0) is 22.3. The normalized spacial score (nSPS) is 12.4. The summed E-state index contributed by atoms with van der Waals surface area (Å²) in [4.78, 5) is 37.3. The van der Waals surface area contributed by atoms with Crippen LogP contribution in [0.2, 0.25) is 0 Å². The fourth-order valence-electron chi connectivity index (χ4n) is 2.69. The van der Waals surface area contributed by atoms with Crippen LogP contribution in [-0.4, -0.2) is 29.9 Å². The van der Waals surface area contributed by atoms with Crippen LogP contribution in [0.1, 0.15) is 55.1 Å². The highest BCUT2D eigenvalue weighted by Gasteiger charge is 2.33. The molecule has 30 heavy (non-hydrogen) atoms. The van der Waals surface area contributed by atoms with E-state index in [1.807, 2.05) is 0 Å². The number of carbonyl (C=O) groups excluding carboxylic acids is 3. The second kappa shape index (κ2) is 9.96. The number of ether oxygens (including phenoxy) is 2. The van der Waals surface area contributed by atoms with E-state index in [2.05, 4.69) is 0 Å². The van der Waals surface area contributed by atoms with Gasteiger partial charge >= 0.3 is 11.9 Å². The van der Waals surface area contributed by atoms with Gasteiger partial charge in [0, 0.05) is 11.6 Å². The quantitative estimate of drug-likeness (QED) is 0.285. The fraction of sp³-hybridized carbons (Fsp3) is 0.292. The zero-order valence-corrected chi connectivity index (χ0v) is 17.5. The molecule has 2 aromatic rings. The summed E-state index contributed by atoms with van der Waals surface area (Å²) >= 11 is 0. The third-order valence-corrected chi connectivity index (χ3v) is 4.00. The number of esters is 2. The molecule has 0 amide bonds. The highest BCUT2D eigenvalue weighted by Crippen LogP contribution is 2.26. The molecular weight excluding hydrogens is 387 g/mol. The van der Waals surface area contributed by atoms with Crippen LogP contribution in [-0.2, 0) is 19.1 Å². The number of ketones is 1. The molecule has 0 aliphatic carbocycles. The van der Waals surface area contributed by atoms with Crippen LogP contribution in [0, 0.1) is 5.82 Å². The Balaban J connectivity index is 2.30. The van der Waals surface area contributed by atoms with Crippen molar-refractivity contribution in [3.05, 3.63) is 77.1 Å². The second-order valence-corrected chi connectivity index (χ2v) is 7.59. The summed E-state index contributed by atoms with van der Waals surface area (Å²) in [5.41, 5.74) is 0.554. The third-order valence-electron chi connectivity index (χ3n) is 4.00. The van der Waals surface area contributed by atoms with Gasteiger partial charge in [0.15, 0.2) is 5.78 Å². The molecule has 0 radical (unpaired) electrons. The molecule has 1 atom stereocenters. The highest BCUT2D eigenvalue weighted by molar-refractivity contribution is 6.13. The first kappa shape index (κ1) is 23.0. The van der Waals surface area contributed by atoms with E-state index in [1.54, 1.807) is 58.0 Å². The number of carbonyl (C=O) groups is 3. The maximum atomic E-state index is 13.3. The Morgan fingerprint density at radius 1 is 1.00 bits per heavy atom. The molecule has 0 saturated carbocycles. The molecule has 2 rings (SSSR count). The average molecular weight is 412 g/mol. The van der Waals surface area contributed by atoms with E-state index in [0.717, 1.165) is 0 Å². The van der Waals surface area contributed by atoms with Crippen molar-refractivity contribution in [2.24, 2.45) is 0 Å². The van der Waals surface area contributed by atoms with Gasteiger partial charge in [-0.25, -0.2) is 9.18 Å². The van der Waals surface area contributed by atoms with Gasteiger partial charge in [-0.2, -0.15) is 0 Å². The van der Waals surface area contributed by atoms with Gasteiger partial charge in [0.1, 0.15) is 17.3 Å². The third kappa shape index (κ3) is 6.65. The van der Waals surface area contributed by atoms with Crippen molar-refractivity contribution in [1.82, 2.24) is 0 Å². The minimum Gasteiger partial charge on any atom is -0.463 e. The number of hydrogen-bond donors (Lipinski definition) is 0. The molecule has 0 N–H and O–H groups in total. The second-order valence-electron chi connectivity index (χ2n) is 7.59. The average Bonchev–Trinajstić information content (AvgIpc) is 2.67. The summed E-state index contributed by atoms with van der Waals surface area (Å²) in [5, 5.41) is 0. The minimum atomic E-state index is -1.22. The molecule has 1 unspecified atom stereocenters. The molecule has 2 aromatic carbocycles. The molecule has 0 aromatic heterocycles. The largest absolute Gasteiger partial charge is 0.463 e. The summed E-state index contributed by atoms with van der Waals surface area (Å²) < 4.78 is 23.6. The van der Waals surface area contributed by atoms with Crippen molar-refractivity contribution < 1.29 is 28.2 Å². The first-order chi connectivity index (χ1) is 14.1. The van der Waals surface area contributed by atoms with E-state index in [1.165, 1.54) is 30.3 Å². The Morgan fingerprint density at radius 2 is 1.60 bits per heavy atom. The lowest BCUT2D eigenvalue weighted by atomic mass is 9.90. The topological polar surface area (TPSA) is 69.7 Å². The maximum Gasteiger partial charge on any atom is 0.330 e. The van der Waals surface area contributed by atoms with E-state index in [-0.39, 0.29) is 6.61 Å². The van der Waals surface area contributed by atoms with E-state index in [4.69, 9.17) is 9.47 Å². The highest BCUT2D eigenvalue weighted by atomic mass is 19.1. The first-order valence-corrected chi connectivity index (χ1v) is 9.58. The van der Waals surface area contributed by atoms with Crippen molar-refractivity contribution in [2.75, 3.05) is 6.61 Å². The van der Waals surface area contributed by atoms with Gasteiger partial charge < -0.3 is 9.47 Å². The Kier molecular flexibility index (Phi) is 7.64. The number of Topliss-reactive ketones (excluding diaryl/α,β-unsaturated/α-hetero) is 1. The molecule has 5 nitrogen and oxygen atoms in total. The van der Waals surface area contributed by atoms with Crippen molar-refractivity contribution in [3.8, 4) is 0 Å². The van der Waals surface area contributed by atoms with Crippen LogP contribution in [0.25, 0.3) is 6.08 Å². The lowest BCUT2D eigenvalue weighted by Crippen LogP contribution is -2.31. The summed E-state index contributed by atoms with van der Waals surface area (Å²) in [6.45, 7) is 7.13. The molecule has 0 bridgehead atoms. The van der Waals surface area contributed by atoms with Gasteiger partial charge in [-0.05, 0) is 57.0 Å². The standard InChI is InChI=1S/C24H25FO5/c1-5-29-20(26)15-8-16-6-9-18(10-7-16)22(27)21(23(28)30-24(2,3)4)17-11-13-19(25)14-12-17/h6-15,21H,5H2,1-4H3. The van der Waals surface area contributed by atoms with Gasteiger partial charge in [0.05, 0.1) is 6.61 Å². The Hall–Kier alpha value is -3.28. The molecule has 0 saturated heterocycles. The SMILES string of the molecule is CCOC(=O)C=Cc1ccc(C(=O)C(C(=O)OC(C)(C)C)c2ccc(F)cc2)cc1. The van der Waals surface area contributed by atoms with Crippen LogP contribution in [0.4, 0.5) is 4.39 Å². The van der Waals surface area contributed by atoms with E-state index >= 15 is 0 Å².